The summed E-state index contributed by atoms with van der Waals surface area (Å²) in [6.07, 6.45) is 0.296. The molecule has 3 N–H and O–H groups in total. The van der Waals surface area contributed by atoms with Gasteiger partial charge in [-0.3, -0.25) is 9.59 Å². The lowest BCUT2D eigenvalue weighted by Crippen LogP contribution is -2.54. The van der Waals surface area contributed by atoms with Gasteiger partial charge in [0.05, 0.1) is 12.6 Å². The fourth-order valence-corrected chi connectivity index (χ4v) is 2.13. The van der Waals surface area contributed by atoms with Crippen LogP contribution in [0.25, 0.3) is 0 Å². The Kier molecular flexibility index (Phi) is 4.53. The van der Waals surface area contributed by atoms with Gasteiger partial charge in [0.25, 0.3) is 11.5 Å². The molecule has 1 amide bonds. The van der Waals surface area contributed by atoms with E-state index < -0.39 is 24.2 Å². The van der Waals surface area contributed by atoms with Crippen LogP contribution in [0.1, 0.15) is 16.8 Å². The molecule has 2 heterocycles. The second-order valence-corrected chi connectivity index (χ2v) is 4.82. The van der Waals surface area contributed by atoms with Gasteiger partial charge in [-0.15, -0.1) is 0 Å². The molecule has 0 aromatic carbocycles. The molecule has 1 aromatic heterocycles. The highest BCUT2D eigenvalue weighted by Gasteiger charge is 2.33. The smallest absolute Gasteiger partial charge is 0.251 e. The molecule has 1 aromatic rings. The van der Waals surface area contributed by atoms with Crippen molar-refractivity contribution in [2.24, 2.45) is 7.05 Å². The quantitative estimate of drug-likeness (QED) is 0.635. The number of aromatic nitrogens is 1. The Labute approximate surface area is 115 Å². The number of amides is 1. The van der Waals surface area contributed by atoms with Crippen molar-refractivity contribution in [3.8, 4) is 0 Å². The molecule has 7 nitrogen and oxygen atoms in total. The summed E-state index contributed by atoms with van der Waals surface area (Å²) in [4.78, 5) is 23.5. The number of nitrogens with one attached hydrogen (secondary N) is 1. The number of hydrogen-bond donors (Lipinski definition) is 3. The van der Waals surface area contributed by atoms with Gasteiger partial charge in [0.2, 0.25) is 0 Å². The third kappa shape index (κ3) is 3.06. The first kappa shape index (κ1) is 14.7. The Hall–Kier alpha value is -1.70. The second kappa shape index (κ2) is 6.17. The molecule has 3 atom stereocenters. The number of aliphatic hydroxyl groups excluding tert-OH is 2. The van der Waals surface area contributed by atoms with Gasteiger partial charge in [-0.2, -0.15) is 0 Å². The Morgan fingerprint density at radius 2 is 2.35 bits per heavy atom. The minimum atomic E-state index is -0.968. The molecular formula is C13H18N2O5. The van der Waals surface area contributed by atoms with Crippen LogP contribution in [0, 0.1) is 0 Å². The van der Waals surface area contributed by atoms with Crippen LogP contribution in [0.5, 0.6) is 0 Å². The molecule has 1 fully saturated rings. The molecule has 110 valence electrons. The minimum Gasteiger partial charge on any atom is -0.394 e. The number of aryl methyl sites for hydroxylation is 1. The van der Waals surface area contributed by atoms with Crippen LogP contribution in [0.2, 0.25) is 0 Å². The van der Waals surface area contributed by atoms with E-state index >= 15 is 0 Å². The molecule has 0 radical (unpaired) electrons. The number of aliphatic hydroxyl groups is 2. The predicted octanol–water partition coefficient (Wildman–Crippen LogP) is -1.37. The van der Waals surface area contributed by atoms with Crippen molar-refractivity contribution >= 4 is 5.91 Å². The summed E-state index contributed by atoms with van der Waals surface area (Å²) < 4.78 is 6.55. The van der Waals surface area contributed by atoms with E-state index in [1.165, 1.54) is 22.9 Å². The first-order valence-corrected chi connectivity index (χ1v) is 6.41. The largest absolute Gasteiger partial charge is 0.394 e. The fraction of sp³-hybridized carbons (Fsp3) is 0.538. The van der Waals surface area contributed by atoms with Gasteiger partial charge in [0, 0.05) is 31.5 Å². The topological polar surface area (TPSA) is 101 Å². The van der Waals surface area contributed by atoms with Crippen molar-refractivity contribution in [2.75, 3.05) is 13.2 Å². The third-order valence-corrected chi connectivity index (χ3v) is 3.42. The summed E-state index contributed by atoms with van der Waals surface area (Å²) in [6.45, 7) is 0.0448. The molecule has 1 aliphatic heterocycles. The van der Waals surface area contributed by atoms with Crippen LogP contribution >= 0.6 is 0 Å². The number of carbonyl (C=O) groups is 1. The summed E-state index contributed by atoms with van der Waals surface area (Å²) in [5, 5.41) is 21.7. The zero-order valence-corrected chi connectivity index (χ0v) is 11.2. The van der Waals surface area contributed by atoms with Gasteiger partial charge in [-0.1, -0.05) is 0 Å². The average Bonchev–Trinajstić information content (AvgIpc) is 2.44. The van der Waals surface area contributed by atoms with Crippen LogP contribution in [0.15, 0.2) is 23.1 Å². The maximum absolute atomic E-state index is 12.0. The van der Waals surface area contributed by atoms with E-state index in [0.29, 0.717) is 13.0 Å². The van der Waals surface area contributed by atoms with E-state index in [4.69, 9.17) is 9.84 Å². The van der Waals surface area contributed by atoms with Crippen molar-refractivity contribution in [3.05, 3.63) is 34.2 Å². The Morgan fingerprint density at radius 3 is 3.00 bits per heavy atom. The van der Waals surface area contributed by atoms with Gasteiger partial charge in [-0.05, 0) is 12.5 Å². The number of hydrogen-bond acceptors (Lipinski definition) is 5. The SMILES string of the molecule is Cn1ccc(C(=O)N[C@H]2CCO[C@H](CO)[C@H]2O)cc1=O. The Balaban J connectivity index is 2.07. The van der Waals surface area contributed by atoms with Crippen molar-refractivity contribution in [1.82, 2.24) is 9.88 Å². The minimum absolute atomic E-state index is 0.243. The molecule has 0 bridgehead atoms. The third-order valence-electron chi connectivity index (χ3n) is 3.42. The number of carbonyl (C=O) groups excluding carboxylic acids is 1. The zero-order valence-electron chi connectivity index (χ0n) is 11.2. The highest BCUT2D eigenvalue weighted by Crippen LogP contribution is 2.15. The second-order valence-electron chi connectivity index (χ2n) is 4.82. The molecular weight excluding hydrogens is 264 g/mol. The lowest BCUT2D eigenvalue weighted by Gasteiger charge is -2.34. The van der Waals surface area contributed by atoms with Crippen LogP contribution in [0.3, 0.4) is 0 Å². The first-order valence-electron chi connectivity index (χ1n) is 6.41. The van der Waals surface area contributed by atoms with Gasteiger partial charge in [0.15, 0.2) is 0 Å². The number of rotatable bonds is 3. The molecule has 7 heteroatoms. The van der Waals surface area contributed by atoms with E-state index in [-0.39, 0.29) is 17.7 Å². The summed E-state index contributed by atoms with van der Waals surface area (Å²) in [7, 11) is 1.60. The average molecular weight is 282 g/mol. The highest BCUT2D eigenvalue weighted by atomic mass is 16.5. The van der Waals surface area contributed by atoms with E-state index in [9.17, 15) is 14.7 Å². The Morgan fingerprint density at radius 1 is 1.60 bits per heavy atom. The van der Waals surface area contributed by atoms with Crippen molar-refractivity contribution in [2.45, 2.75) is 24.7 Å². The first-order chi connectivity index (χ1) is 9.52. The van der Waals surface area contributed by atoms with E-state index in [2.05, 4.69) is 5.32 Å². The predicted molar refractivity (Wildman–Crippen MR) is 70.4 cm³/mol. The number of pyridine rings is 1. The van der Waals surface area contributed by atoms with Gasteiger partial charge >= 0.3 is 0 Å². The molecule has 0 unspecified atom stereocenters. The normalized spacial score (nSPS) is 26.2. The lowest BCUT2D eigenvalue weighted by molar-refractivity contribution is -0.107. The maximum Gasteiger partial charge on any atom is 0.251 e. The van der Waals surface area contributed by atoms with E-state index in [1.54, 1.807) is 7.05 Å². The van der Waals surface area contributed by atoms with Crippen molar-refractivity contribution in [1.29, 1.82) is 0 Å². The number of ether oxygens (including phenoxy) is 1. The monoisotopic (exact) mass is 282 g/mol. The molecule has 0 aliphatic carbocycles. The van der Waals surface area contributed by atoms with Crippen molar-refractivity contribution < 1.29 is 19.7 Å². The van der Waals surface area contributed by atoms with Crippen LogP contribution in [-0.2, 0) is 11.8 Å². The summed E-state index contributed by atoms with van der Waals surface area (Å²) in [5.74, 6) is -0.426. The molecule has 1 aliphatic rings. The number of nitrogens with zero attached hydrogens (tertiary/aromatic N) is 1. The molecule has 0 spiro atoms. The highest BCUT2D eigenvalue weighted by molar-refractivity contribution is 5.94. The van der Waals surface area contributed by atoms with Crippen LogP contribution in [0.4, 0.5) is 0 Å². The van der Waals surface area contributed by atoms with Gasteiger partial charge < -0.3 is 24.8 Å². The molecule has 2 rings (SSSR count). The standard InChI is InChI=1S/C13H18N2O5/c1-15-4-2-8(6-11(15)17)13(19)14-9-3-5-20-10(7-16)12(9)18/h2,4,6,9-10,12,16,18H,3,5,7H2,1H3,(H,14,19)/t9-,10+,12-/m0/s1. The van der Waals surface area contributed by atoms with Crippen molar-refractivity contribution in [3.63, 3.8) is 0 Å². The van der Waals surface area contributed by atoms with E-state index in [0.717, 1.165) is 0 Å². The van der Waals surface area contributed by atoms with Crippen LogP contribution in [-0.4, -0.2) is 52.2 Å². The van der Waals surface area contributed by atoms with Gasteiger partial charge in [-0.25, -0.2) is 0 Å². The summed E-state index contributed by atoms with van der Waals surface area (Å²) >= 11 is 0. The fourth-order valence-electron chi connectivity index (χ4n) is 2.13. The lowest BCUT2D eigenvalue weighted by atomic mass is 9.99. The van der Waals surface area contributed by atoms with Crippen LogP contribution < -0.4 is 10.9 Å². The zero-order chi connectivity index (χ0) is 14.7. The maximum atomic E-state index is 12.0. The Bertz CT molecular complexity index is 542. The van der Waals surface area contributed by atoms with E-state index in [1.807, 2.05) is 0 Å². The molecule has 1 saturated heterocycles. The summed E-state index contributed by atoms with van der Waals surface area (Å²) in [5.41, 5.74) is -0.0363. The molecule has 0 saturated carbocycles. The van der Waals surface area contributed by atoms with Gasteiger partial charge in [0.1, 0.15) is 12.2 Å². The summed E-state index contributed by atoms with van der Waals surface area (Å²) in [6, 6.07) is 2.27. The molecule has 20 heavy (non-hydrogen) atoms.